The summed E-state index contributed by atoms with van der Waals surface area (Å²) in [7, 11) is 1.51. The number of carbonyl (C=O) groups is 1. The Morgan fingerprint density at radius 3 is 2.71 bits per heavy atom. The van der Waals surface area contributed by atoms with E-state index < -0.39 is 0 Å². The van der Waals surface area contributed by atoms with Gasteiger partial charge < -0.3 is 9.47 Å². The van der Waals surface area contributed by atoms with Gasteiger partial charge in [-0.2, -0.15) is 0 Å². The van der Waals surface area contributed by atoms with E-state index in [2.05, 4.69) is 15.9 Å². The monoisotopic (exact) mass is 298 g/mol. The number of hydrogen-bond donors (Lipinski definition) is 0. The SMILES string of the molecule is CCOC(=O)C(=COC)c1ccccc1CBr. The molecule has 0 bridgehead atoms. The van der Waals surface area contributed by atoms with E-state index in [0.29, 0.717) is 17.5 Å². The number of carbonyl (C=O) groups excluding carboxylic acids is 1. The molecule has 0 fully saturated rings. The molecule has 1 aromatic carbocycles. The van der Waals surface area contributed by atoms with Crippen LogP contribution in [0.2, 0.25) is 0 Å². The van der Waals surface area contributed by atoms with Crippen molar-refractivity contribution in [1.82, 2.24) is 0 Å². The lowest BCUT2D eigenvalue weighted by Gasteiger charge is -2.10. The van der Waals surface area contributed by atoms with Crippen molar-refractivity contribution in [3.8, 4) is 0 Å². The van der Waals surface area contributed by atoms with Crippen LogP contribution in [0.5, 0.6) is 0 Å². The first-order valence-corrected chi connectivity index (χ1v) is 6.41. The number of halogens is 1. The third kappa shape index (κ3) is 3.60. The highest BCUT2D eigenvalue weighted by Gasteiger charge is 2.16. The van der Waals surface area contributed by atoms with Crippen LogP contribution in [-0.4, -0.2) is 19.7 Å². The fourth-order valence-electron chi connectivity index (χ4n) is 1.45. The van der Waals surface area contributed by atoms with Gasteiger partial charge in [-0.25, -0.2) is 4.79 Å². The highest BCUT2D eigenvalue weighted by atomic mass is 79.9. The molecular formula is C13H15BrO3. The highest BCUT2D eigenvalue weighted by molar-refractivity contribution is 9.08. The van der Waals surface area contributed by atoms with E-state index in [1.807, 2.05) is 24.3 Å². The Kier molecular flexibility index (Phi) is 5.77. The van der Waals surface area contributed by atoms with Gasteiger partial charge in [-0.15, -0.1) is 0 Å². The second-order valence-electron chi connectivity index (χ2n) is 3.28. The number of ether oxygens (including phenoxy) is 2. The van der Waals surface area contributed by atoms with Crippen LogP contribution in [0, 0.1) is 0 Å². The Morgan fingerprint density at radius 2 is 2.12 bits per heavy atom. The second-order valence-corrected chi connectivity index (χ2v) is 3.84. The van der Waals surface area contributed by atoms with Gasteiger partial charge in [-0.05, 0) is 18.1 Å². The minimum absolute atomic E-state index is 0.344. The van der Waals surface area contributed by atoms with E-state index in [1.165, 1.54) is 13.4 Å². The number of methoxy groups -OCH3 is 1. The van der Waals surface area contributed by atoms with Gasteiger partial charge in [0.2, 0.25) is 0 Å². The maximum Gasteiger partial charge on any atom is 0.341 e. The molecule has 1 aromatic rings. The van der Waals surface area contributed by atoms with Gasteiger partial charge >= 0.3 is 5.97 Å². The Hall–Kier alpha value is -1.29. The van der Waals surface area contributed by atoms with Crippen LogP contribution in [0.4, 0.5) is 0 Å². The third-order valence-corrected chi connectivity index (χ3v) is 2.79. The molecule has 17 heavy (non-hydrogen) atoms. The van der Waals surface area contributed by atoms with E-state index >= 15 is 0 Å². The summed E-state index contributed by atoms with van der Waals surface area (Å²) in [6.07, 6.45) is 1.42. The molecular weight excluding hydrogens is 284 g/mol. The molecule has 0 unspecified atom stereocenters. The molecule has 1 rings (SSSR count). The van der Waals surface area contributed by atoms with Crippen molar-refractivity contribution in [3.63, 3.8) is 0 Å². The Morgan fingerprint density at radius 1 is 1.41 bits per heavy atom. The Balaban J connectivity index is 3.14. The van der Waals surface area contributed by atoms with Crippen LogP contribution in [0.1, 0.15) is 18.1 Å². The van der Waals surface area contributed by atoms with E-state index in [1.54, 1.807) is 6.92 Å². The van der Waals surface area contributed by atoms with Crippen molar-refractivity contribution in [2.24, 2.45) is 0 Å². The Labute approximate surface area is 110 Å². The standard InChI is InChI=1S/C13H15BrO3/c1-3-17-13(15)12(9-16-2)11-7-5-4-6-10(11)8-14/h4-7,9H,3,8H2,1-2H3. The van der Waals surface area contributed by atoms with Crippen molar-refractivity contribution in [1.29, 1.82) is 0 Å². The quantitative estimate of drug-likeness (QED) is 0.363. The summed E-state index contributed by atoms with van der Waals surface area (Å²) in [5, 5.41) is 0.670. The van der Waals surface area contributed by atoms with Crippen molar-refractivity contribution < 1.29 is 14.3 Å². The van der Waals surface area contributed by atoms with Gasteiger partial charge in [0.15, 0.2) is 0 Å². The zero-order valence-electron chi connectivity index (χ0n) is 9.90. The van der Waals surface area contributed by atoms with Gasteiger partial charge in [0.05, 0.1) is 20.0 Å². The van der Waals surface area contributed by atoms with Crippen molar-refractivity contribution in [2.45, 2.75) is 12.3 Å². The molecule has 0 amide bonds. The topological polar surface area (TPSA) is 35.5 Å². The minimum Gasteiger partial charge on any atom is -0.503 e. The van der Waals surface area contributed by atoms with Gasteiger partial charge in [0.25, 0.3) is 0 Å². The summed E-state index contributed by atoms with van der Waals surface area (Å²) < 4.78 is 9.96. The van der Waals surface area contributed by atoms with E-state index in [-0.39, 0.29) is 5.97 Å². The number of hydrogen-bond acceptors (Lipinski definition) is 3. The summed E-state index contributed by atoms with van der Waals surface area (Å²) in [6.45, 7) is 2.12. The van der Waals surface area contributed by atoms with E-state index in [4.69, 9.17) is 9.47 Å². The molecule has 0 aliphatic heterocycles. The molecule has 0 spiro atoms. The molecule has 0 saturated carbocycles. The molecule has 0 aromatic heterocycles. The normalized spacial score (nSPS) is 11.1. The van der Waals surface area contributed by atoms with Crippen LogP contribution in [0.15, 0.2) is 30.5 Å². The van der Waals surface area contributed by atoms with Gasteiger partial charge in [-0.1, -0.05) is 40.2 Å². The highest BCUT2D eigenvalue weighted by Crippen LogP contribution is 2.22. The number of esters is 1. The predicted octanol–water partition coefficient (Wildman–Crippen LogP) is 3.13. The average molecular weight is 299 g/mol. The lowest BCUT2D eigenvalue weighted by atomic mass is 10.0. The number of rotatable bonds is 5. The van der Waals surface area contributed by atoms with Crippen LogP contribution in [0.25, 0.3) is 5.57 Å². The van der Waals surface area contributed by atoms with Crippen LogP contribution < -0.4 is 0 Å². The van der Waals surface area contributed by atoms with Gasteiger partial charge in [-0.3, -0.25) is 0 Å². The van der Waals surface area contributed by atoms with Gasteiger partial charge in [0.1, 0.15) is 5.57 Å². The molecule has 3 nitrogen and oxygen atoms in total. The largest absolute Gasteiger partial charge is 0.503 e. The molecule has 0 heterocycles. The maximum atomic E-state index is 11.8. The van der Waals surface area contributed by atoms with Crippen molar-refractivity contribution >= 4 is 27.5 Å². The summed E-state index contributed by atoms with van der Waals surface area (Å²) in [5.41, 5.74) is 2.28. The first kappa shape index (κ1) is 13.8. The first-order chi connectivity index (χ1) is 8.24. The van der Waals surface area contributed by atoms with Crippen LogP contribution >= 0.6 is 15.9 Å². The van der Waals surface area contributed by atoms with Crippen molar-refractivity contribution in [2.75, 3.05) is 13.7 Å². The molecule has 0 radical (unpaired) electrons. The zero-order valence-corrected chi connectivity index (χ0v) is 11.5. The fourth-order valence-corrected chi connectivity index (χ4v) is 1.94. The molecule has 0 N–H and O–H groups in total. The minimum atomic E-state index is -0.372. The summed E-state index contributed by atoms with van der Waals surface area (Å²) in [5.74, 6) is -0.372. The first-order valence-electron chi connectivity index (χ1n) is 5.28. The summed E-state index contributed by atoms with van der Waals surface area (Å²) in [6, 6.07) is 7.63. The number of alkyl halides is 1. The van der Waals surface area contributed by atoms with Crippen LogP contribution in [0.3, 0.4) is 0 Å². The van der Waals surface area contributed by atoms with E-state index in [9.17, 15) is 4.79 Å². The lowest BCUT2D eigenvalue weighted by molar-refractivity contribution is -0.136. The lowest BCUT2D eigenvalue weighted by Crippen LogP contribution is -2.08. The zero-order chi connectivity index (χ0) is 12.7. The Bertz CT molecular complexity index is 413. The maximum absolute atomic E-state index is 11.8. The molecule has 92 valence electrons. The molecule has 0 saturated heterocycles. The van der Waals surface area contributed by atoms with Crippen molar-refractivity contribution in [3.05, 3.63) is 41.7 Å². The fraction of sp³-hybridized carbons (Fsp3) is 0.308. The van der Waals surface area contributed by atoms with Crippen LogP contribution in [-0.2, 0) is 19.6 Å². The predicted molar refractivity (Wildman–Crippen MR) is 70.7 cm³/mol. The average Bonchev–Trinajstić information content (AvgIpc) is 2.36. The summed E-state index contributed by atoms with van der Waals surface area (Å²) >= 11 is 3.40. The number of benzene rings is 1. The van der Waals surface area contributed by atoms with Gasteiger partial charge in [0, 0.05) is 5.33 Å². The molecule has 0 aliphatic rings. The van der Waals surface area contributed by atoms with E-state index in [0.717, 1.165) is 11.1 Å². The third-order valence-electron chi connectivity index (χ3n) is 2.18. The summed E-state index contributed by atoms with van der Waals surface area (Å²) in [4.78, 5) is 11.8. The molecule has 0 atom stereocenters. The smallest absolute Gasteiger partial charge is 0.341 e. The second kappa shape index (κ2) is 7.12. The molecule has 0 aliphatic carbocycles. The molecule has 4 heteroatoms.